The van der Waals surface area contributed by atoms with Gasteiger partial charge in [0.25, 0.3) is 11.8 Å². The molecule has 0 spiro atoms. The average molecular weight is 496 g/mol. The maximum atomic E-state index is 14.4. The number of sulfonamides is 1. The first kappa shape index (κ1) is 24.6. The molecule has 0 atom stereocenters. The predicted molar refractivity (Wildman–Crippen MR) is 133 cm³/mol. The Labute approximate surface area is 204 Å². The second kappa shape index (κ2) is 9.97. The zero-order valence-corrected chi connectivity index (χ0v) is 20.3. The maximum Gasteiger partial charge on any atom is 0.258 e. The van der Waals surface area contributed by atoms with Gasteiger partial charge in [-0.2, -0.15) is 4.31 Å². The Balaban J connectivity index is 1.51. The van der Waals surface area contributed by atoms with Crippen LogP contribution in [0.4, 0.5) is 15.8 Å². The molecule has 0 aliphatic carbocycles. The number of nitrogens with one attached hydrogen (secondary N) is 1. The largest absolute Gasteiger partial charge is 0.322 e. The fourth-order valence-corrected chi connectivity index (χ4v) is 5.64. The number of rotatable bonds is 7. The highest BCUT2D eigenvalue weighted by atomic mass is 32.2. The summed E-state index contributed by atoms with van der Waals surface area (Å²) in [6.45, 7) is 4.52. The Bertz CT molecular complexity index is 1370. The lowest BCUT2D eigenvalue weighted by Crippen LogP contribution is -2.31. The smallest absolute Gasteiger partial charge is 0.258 e. The van der Waals surface area contributed by atoms with Crippen molar-refractivity contribution < 1.29 is 22.4 Å². The number of anilines is 2. The molecule has 3 aromatic carbocycles. The molecule has 9 heteroatoms. The number of nitrogens with zero attached hydrogens (tertiary/aromatic N) is 2. The molecule has 7 nitrogen and oxygen atoms in total. The molecule has 1 aliphatic heterocycles. The van der Waals surface area contributed by atoms with E-state index in [9.17, 15) is 22.4 Å². The van der Waals surface area contributed by atoms with Crippen LogP contribution in [0, 0.1) is 5.82 Å². The topological polar surface area (TPSA) is 86.8 Å². The number of hydrogen-bond acceptors (Lipinski definition) is 4. The Morgan fingerprint density at radius 3 is 2.37 bits per heavy atom. The van der Waals surface area contributed by atoms with E-state index in [1.54, 1.807) is 43.0 Å². The van der Waals surface area contributed by atoms with E-state index < -0.39 is 21.7 Å². The van der Waals surface area contributed by atoms with Crippen molar-refractivity contribution >= 4 is 33.2 Å². The summed E-state index contributed by atoms with van der Waals surface area (Å²) in [6.07, 6.45) is 0.796. The van der Waals surface area contributed by atoms with Crippen molar-refractivity contribution in [3.05, 3.63) is 89.2 Å². The summed E-state index contributed by atoms with van der Waals surface area (Å²) in [4.78, 5) is 27.3. The minimum Gasteiger partial charge on any atom is -0.322 e. The molecule has 1 N–H and O–H groups in total. The molecule has 0 radical (unpaired) electrons. The first-order valence-corrected chi connectivity index (χ1v) is 12.8. The van der Waals surface area contributed by atoms with Crippen LogP contribution in [0.2, 0.25) is 0 Å². The minimum atomic E-state index is -3.85. The molecule has 182 valence electrons. The minimum absolute atomic E-state index is 0.145. The zero-order valence-electron chi connectivity index (χ0n) is 19.5. The molecule has 1 heterocycles. The van der Waals surface area contributed by atoms with Gasteiger partial charge in [0.1, 0.15) is 5.82 Å². The lowest BCUT2D eigenvalue weighted by molar-refractivity contribution is 0.0988. The third kappa shape index (κ3) is 4.82. The van der Waals surface area contributed by atoms with E-state index in [-0.39, 0.29) is 29.5 Å². The predicted octanol–water partition coefficient (Wildman–Crippen LogP) is 4.31. The Morgan fingerprint density at radius 1 is 1.00 bits per heavy atom. The molecule has 0 bridgehead atoms. The summed E-state index contributed by atoms with van der Waals surface area (Å²) >= 11 is 0. The molecule has 0 unspecified atom stereocenters. The Morgan fingerprint density at radius 2 is 1.69 bits per heavy atom. The normalized spacial score (nSPS) is 13.1. The van der Waals surface area contributed by atoms with E-state index in [4.69, 9.17) is 0 Å². The molecule has 0 saturated heterocycles. The average Bonchev–Trinajstić information content (AvgIpc) is 3.29. The number of hydrogen-bond donors (Lipinski definition) is 1. The Kier molecular flexibility index (Phi) is 7.00. The van der Waals surface area contributed by atoms with Gasteiger partial charge in [-0.3, -0.25) is 9.59 Å². The lowest BCUT2D eigenvalue weighted by Gasteiger charge is -2.19. The van der Waals surface area contributed by atoms with Crippen LogP contribution < -0.4 is 10.2 Å². The lowest BCUT2D eigenvalue weighted by atomic mass is 10.1. The van der Waals surface area contributed by atoms with E-state index in [0.29, 0.717) is 17.8 Å². The van der Waals surface area contributed by atoms with Crippen molar-refractivity contribution in [2.75, 3.05) is 29.9 Å². The van der Waals surface area contributed by atoms with Crippen LogP contribution in [-0.2, 0) is 16.4 Å². The zero-order chi connectivity index (χ0) is 25.2. The van der Waals surface area contributed by atoms with Gasteiger partial charge in [0.15, 0.2) is 0 Å². The van der Waals surface area contributed by atoms with Crippen molar-refractivity contribution in [3.63, 3.8) is 0 Å². The van der Waals surface area contributed by atoms with Crippen molar-refractivity contribution in [1.29, 1.82) is 0 Å². The summed E-state index contributed by atoms with van der Waals surface area (Å²) in [5.74, 6) is -1.76. The first-order valence-electron chi connectivity index (χ1n) is 11.4. The summed E-state index contributed by atoms with van der Waals surface area (Å²) < 4.78 is 41.2. The Hall–Kier alpha value is -3.56. The van der Waals surface area contributed by atoms with Crippen LogP contribution >= 0.6 is 0 Å². The number of carbonyl (C=O) groups is 2. The number of para-hydroxylation sites is 1. The number of amides is 2. The number of benzene rings is 3. The van der Waals surface area contributed by atoms with Crippen molar-refractivity contribution in [2.24, 2.45) is 0 Å². The summed E-state index contributed by atoms with van der Waals surface area (Å²) in [6, 6.07) is 17.2. The highest BCUT2D eigenvalue weighted by Gasteiger charge is 2.26. The summed E-state index contributed by atoms with van der Waals surface area (Å²) in [5, 5.41) is 2.57. The molecule has 3 aromatic rings. The highest BCUT2D eigenvalue weighted by molar-refractivity contribution is 7.89. The van der Waals surface area contributed by atoms with E-state index >= 15 is 0 Å². The quantitative estimate of drug-likeness (QED) is 0.529. The molecular formula is C26H26FN3O4S. The second-order valence-electron chi connectivity index (χ2n) is 8.10. The summed E-state index contributed by atoms with van der Waals surface area (Å²) in [5.41, 5.74) is 2.44. The van der Waals surface area contributed by atoms with E-state index in [0.717, 1.165) is 35.9 Å². The van der Waals surface area contributed by atoms with Crippen molar-refractivity contribution in [2.45, 2.75) is 25.2 Å². The molecule has 4 rings (SSSR count). The van der Waals surface area contributed by atoms with Gasteiger partial charge < -0.3 is 10.2 Å². The third-order valence-corrected chi connectivity index (χ3v) is 8.09. The molecule has 0 saturated carbocycles. The van der Waals surface area contributed by atoms with E-state index in [1.807, 2.05) is 24.3 Å². The monoisotopic (exact) mass is 495 g/mol. The van der Waals surface area contributed by atoms with Crippen LogP contribution in [0.3, 0.4) is 0 Å². The number of fused-ring (bicyclic) bond motifs is 1. The SMILES string of the molecule is CCN(CC)S(=O)(=O)c1ccc(F)c(C(=O)Nc2ccc(C(=O)N3CCc4ccccc43)cc2)c1. The fourth-order valence-electron chi connectivity index (χ4n) is 4.15. The molecule has 1 aliphatic rings. The van der Waals surface area contributed by atoms with Crippen molar-refractivity contribution in [1.82, 2.24) is 4.31 Å². The van der Waals surface area contributed by atoms with Crippen LogP contribution in [0.1, 0.15) is 40.1 Å². The van der Waals surface area contributed by atoms with Gasteiger partial charge in [-0.25, -0.2) is 12.8 Å². The highest BCUT2D eigenvalue weighted by Crippen LogP contribution is 2.29. The van der Waals surface area contributed by atoms with Crippen LogP contribution in [0.15, 0.2) is 71.6 Å². The van der Waals surface area contributed by atoms with Gasteiger partial charge in [-0.05, 0) is 60.5 Å². The van der Waals surface area contributed by atoms with Gasteiger partial charge in [-0.15, -0.1) is 0 Å². The third-order valence-electron chi connectivity index (χ3n) is 6.05. The van der Waals surface area contributed by atoms with Crippen LogP contribution in [0.5, 0.6) is 0 Å². The molecule has 0 aromatic heterocycles. The van der Waals surface area contributed by atoms with Gasteiger partial charge in [-0.1, -0.05) is 32.0 Å². The molecular weight excluding hydrogens is 469 g/mol. The molecule has 2 amide bonds. The fraction of sp³-hybridized carbons (Fsp3) is 0.231. The van der Waals surface area contributed by atoms with Crippen molar-refractivity contribution in [3.8, 4) is 0 Å². The summed E-state index contributed by atoms with van der Waals surface area (Å²) in [7, 11) is -3.85. The number of carbonyl (C=O) groups excluding carboxylic acids is 2. The van der Waals surface area contributed by atoms with Gasteiger partial charge in [0.05, 0.1) is 10.5 Å². The molecule has 0 fully saturated rings. The van der Waals surface area contributed by atoms with E-state index in [2.05, 4.69) is 5.32 Å². The molecule has 35 heavy (non-hydrogen) atoms. The van der Waals surface area contributed by atoms with Gasteiger partial charge in [0, 0.05) is 36.6 Å². The second-order valence-corrected chi connectivity index (χ2v) is 10.0. The standard InChI is InChI=1S/C26H26FN3O4S/c1-3-29(4-2)35(33,34)21-13-14-23(27)22(17-21)25(31)28-20-11-9-19(10-12-20)26(32)30-16-15-18-7-5-6-8-24(18)30/h5-14,17H,3-4,15-16H2,1-2H3,(H,28,31). The van der Waals surface area contributed by atoms with Crippen LogP contribution in [-0.4, -0.2) is 44.2 Å². The van der Waals surface area contributed by atoms with Crippen LogP contribution in [0.25, 0.3) is 0 Å². The first-order chi connectivity index (χ1) is 16.8. The maximum absolute atomic E-state index is 14.4. The number of halogens is 1. The van der Waals surface area contributed by atoms with Gasteiger partial charge in [0.2, 0.25) is 10.0 Å². The van der Waals surface area contributed by atoms with Gasteiger partial charge >= 0.3 is 0 Å². The van der Waals surface area contributed by atoms with E-state index in [1.165, 1.54) is 4.31 Å².